The second-order valence-electron chi connectivity index (χ2n) is 6.94. The lowest BCUT2D eigenvalue weighted by Crippen LogP contribution is -2.45. The van der Waals surface area contributed by atoms with Crippen molar-refractivity contribution in [2.45, 2.75) is 37.6 Å². The predicted octanol–water partition coefficient (Wildman–Crippen LogP) is 3.01. The number of nitrogens with one attached hydrogen (secondary N) is 3. The molecule has 3 N–H and O–H groups in total. The second-order valence-corrected chi connectivity index (χ2v) is 8.59. The van der Waals surface area contributed by atoms with Crippen LogP contribution in [0.1, 0.15) is 34.3 Å². The van der Waals surface area contributed by atoms with Gasteiger partial charge in [-0.1, -0.05) is 24.3 Å². The zero-order valence-electron chi connectivity index (χ0n) is 16.0. The fourth-order valence-electron chi connectivity index (χ4n) is 3.20. The maximum absolute atomic E-state index is 12.9. The molecule has 2 aromatic carbocycles. The monoisotopic (exact) mass is 423 g/mol. The minimum Gasteiger partial charge on any atom is -0.348 e. The lowest BCUT2D eigenvalue weighted by atomic mass is 10.1. The Hall–Kier alpha value is -2.09. The number of hydrogen-bond donors (Lipinski definition) is 3. The molecule has 0 aliphatic carbocycles. The van der Waals surface area contributed by atoms with Gasteiger partial charge < -0.3 is 10.6 Å². The van der Waals surface area contributed by atoms with Crippen LogP contribution in [0.15, 0.2) is 47.4 Å². The van der Waals surface area contributed by atoms with Crippen LogP contribution in [0.5, 0.6) is 0 Å². The van der Waals surface area contributed by atoms with Crippen LogP contribution in [0, 0.1) is 13.8 Å². The molecule has 0 bridgehead atoms. The normalized spacial score (nSPS) is 16.7. The van der Waals surface area contributed by atoms with E-state index in [0.717, 1.165) is 31.5 Å². The largest absolute Gasteiger partial charge is 0.348 e. The molecule has 1 saturated heterocycles. The van der Waals surface area contributed by atoms with Crippen molar-refractivity contribution in [3.05, 3.63) is 59.2 Å². The van der Waals surface area contributed by atoms with Gasteiger partial charge in [0.2, 0.25) is 0 Å². The van der Waals surface area contributed by atoms with E-state index in [1.54, 1.807) is 43.3 Å². The molecular formula is C20H26ClN3O3S. The van der Waals surface area contributed by atoms with Crippen LogP contribution in [-0.4, -0.2) is 33.5 Å². The maximum Gasteiger partial charge on any atom is 0.262 e. The molecule has 1 aliphatic rings. The SMILES string of the molecule is Cc1ccc(C)c(S(=O)(=O)Nc2ccccc2C(=O)NC2CCCNC2)c1.Cl. The van der Waals surface area contributed by atoms with Gasteiger partial charge in [-0.2, -0.15) is 0 Å². The molecule has 2 aromatic rings. The van der Waals surface area contributed by atoms with E-state index >= 15 is 0 Å². The van der Waals surface area contributed by atoms with Crippen LogP contribution in [-0.2, 0) is 10.0 Å². The van der Waals surface area contributed by atoms with E-state index in [9.17, 15) is 13.2 Å². The van der Waals surface area contributed by atoms with Gasteiger partial charge in [0, 0.05) is 12.6 Å². The number of benzene rings is 2. The highest BCUT2D eigenvalue weighted by Crippen LogP contribution is 2.23. The summed E-state index contributed by atoms with van der Waals surface area (Å²) in [5.41, 5.74) is 2.11. The van der Waals surface area contributed by atoms with Crippen molar-refractivity contribution in [1.82, 2.24) is 10.6 Å². The molecule has 0 radical (unpaired) electrons. The second kappa shape index (κ2) is 9.41. The van der Waals surface area contributed by atoms with Gasteiger partial charge in [0.05, 0.1) is 16.1 Å². The number of para-hydroxylation sites is 1. The third-order valence-electron chi connectivity index (χ3n) is 4.68. The summed E-state index contributed by atoms with van der Waals surface area (Å²) in [6.07, 6.45) is 1.92. The van der Waals surface area contributed by atoms with Gasteiger partial charge in [0.25, 0.3) is 15.9 Å². The standard InChI is InChI=1S/C20H25N3O3S.ClH/c1-14-9-10-15(2)19(12-14)27(25,26)23-18-8-4-3-7-17(18)20(24)22-16-6-5-11-21-13-16;/h3-4,7-10,12,16,21,23H,5-6,11,13H2,1-2H3,(H,22,24);1H. The fraction of sp³-hybridized carbons (Fsp3) is 0.350. The highest BCUT2D eigenvalue weighted by molar-refractivity contribution is 7.92. The number of halogens is 1. The molecule has 1 aliphatic heterocycles. The van der Waals surface area contributed by atoms with Crippen molar-refractivity contribution >= 4 is 34.0 Å². The van der Waals surface area contributed by atoms with Gasteiger partial charge in [0.1, 0.15) is 0 Å². The zero-order chi connectivity index (χ0) is 19.4. The van der Waals surface area contributed by atoms with Crippen molar-refractivity contribution in [1.29, 1.82) is 0 Å². The summed E-state index contributed by atoms with van der Waals surface area (Å²) >= 11 is 0. The molecule has 0 saturated carbocycles. The Morgan fingerprint density at radius 1 is 1.14 bits per heavy atom. The van der Waals surface area contributed by atoms with Crippen molar-refractivity contribution in [3.8, 4) is 0 Å². The van der Waals surface area contributed by atoms with E-state index < -0.39 is 10.0 Å². The van der Waals surface area contributed by atoms with E-state index in [1.165, 1.54) is 0 Å². The minimum absolute atomic E-state index is 0. The molecule has 28 heavy (non-hydrogen) atoms. The van der Waals surface area contributed by atoms with Crippen LogP contribution >= 0.6 is 12.4 Å². The van der Waals surface area contributed by atoms with E-state index in [-0.39, 0.29) is 34.9 Å². The van der Waals surface area contributed by atoms with Gasteiger partial charge in [-0.3, -0.25) is 9.52 Å². The van der Waals surface area contributed by atoms with E-state index in [4.69, 9.17) is 0 Å². The quantitative estimate of drug-likeness (QED) is 0.689. The number of hydrogen-bond acceptors (Lipinski definition) is 4. The first-order chi connectivity index (χ1) is 12.9. The number of carbonyl (C=O) groups excluding carboxylic acids is 1. The molecule has 1 amide bonds. The number of piperidine rings is 1. The number of sulfonamides is 1. The molecule has 1 unspecified atom stereocenters. The van der Waals surface area contributed by atoms with Crippen molar-refractivity contribution in [2.75, 3.05) is 17.8 Å². The molecule has 152 valence electrons. The topological polar surface area (TPSA) is 87.3 Å². The molecule has 1 atom stereocenters. The molecule has 8 heteroatoms. The summed E-state index contributed by atoms with van der Waals surface area (Å²) in [6.45, 7) is 5.28. The zero-order valence-corrected chi connectivity index (χ0v) is 17.6. The molecular weight excluding hydrogens is 398 g/mol. The Morgan fingerprint density at radius 2 is 1.89 bits per heavy atom. The third-order valence-corrected chi connectivity index (χ3v) is 6.19. The van der Waals surface area contributed by atoms with Crippen molar-refractivity contribution in [3.63, 3.8) is 0 Å². The average molecular weight is 424 g/mol. The van der Waals surface area contributed by atoms with Crippen molar-refractivity contribution in [2.24, 2.45) is 0 Å². The summed E-state index contributed by atoms with van der Waals surface area (Å²) in [5.74, 6) is -0.275. The lowest BCUT2D eigenvalue weighted by Gasteiger charge is -2.24. The van der Waals surface area contributed by atoms with Crippen LogP contribution in [0.2, 0.25) is 0 Å². The van der Waals surface area contributed by atoms with Crippen molar-refractivity contribution < 1.29 is 13.2 Å². The Morgan fingerprint density at radius 3 is 2.61 bits per heavy atom. The van der Waals surface area contributed by atoms with Gasteiger partial charge in [-0.15, -0.1) is 12.4 Å². The average Bonchev–Trinajstić information content (AvgIpc) is 2.64. The summed E-state index contributed by atoms with van der Waals surface area (Å²) in [7, 11) is -3.80. The van der Waals surface area contributed by atoms with Gasteiger partial charge in [-0.05, 0) is 62.6 Å². The number of amides is 1. The minimum atomic E-state index is -3.80. The summed E-state index contributed by atoms with van der Waals surface area (Å²) in [5, 5.41) is 6.24. The van der Waals surface area contributed by atoms with Gasteiger partial charge in [-0.25, -0.2) is 8.42 Å². The first kappa shape index (κ1) is 22.2. The first-order valence-electron chi connectivity index (χ1n) is 9.07. The summed E-state index contributed by atoms with van der Waals surface area (Å²) < 4.78 is 28.4. The number of aryl methyl sites for hydroxylation is 2. The molecule has 0 spiro atoms. The molecule has 6 nitrogen and oxygen atoms in total. The van der Waals surface area contributed by atoms with E-state index in [0.29, 0.717) is 11.1 Å². The fourth-order valence-corrected chi connectivity index (χ4v) is 4.62. The van der Waals surface area contributed by atoms with Crippen LogP contribution in [0.25, 0.3) is 0 Å². The van der Waals surface area contributed by atoms with Gasteiger partial charge in [0.15, 0.2) is 0 Å². The highest BCUT2D eigenvalue weighted by atomic mass is 35.5. The van der Waals surface area contributed by atoms with Crippen LogP contribution < -0.4 is 15.4 Å². The Balaban J connectivity index is 0.00000280. The lowest BCUT2D eigenvalue weighted by molar-refractivity contribution is 0.0931. The van der Waals surface area contributed by atoms with Crippen LogP contribution in [0.4, 0.5) is 5.69 Å². The van der Waals surface area contributed by atoms with E-state index in [1.807, 2.05) is 13.0 Å². The molecule has 3 rings (SSSR count). The Labute approximate surface area is 172 Å². The first-order valence-corrected chi connectivity index (χ1v) is 10.6. The predicted molar refractivity (Wildman–Crippen MR) is 114 cm³/mol. The summed E-state index contributed by atoms with van der Waals surface area (Å²) in [6, 6.07) is 12.0. The number of anilines is 1. The van der Waals surface area contributed by atoms with Gasteiger partial charge >= 0.3 is 0 Å². The maximum atomic E-state index is 12.9. The van der Waals surface area contributed by atoms with Crippen LogP contribution in [0.3, 0.4) is 0 Å². The number of rotatable bonds is 5. The molecule has 1 fully saturated rings. The third kappa shape index (κ3) is 5.25. The smallest absolute Gasteiger partial charge is 0.262 e. The Kier molecular flexibility index (Phi) is 7.46. The number of carbonyl (C=O) groups is 1. The van der Waals surface area contributed by atoms with E-state index in [2.05, 4.69) is 15.4 Å². The Bertz CT molecular complexity index is 941. The molecule has 0 aromatic heterocycles. The molecule has 1 heterocycles. The highest BCUT2D eigenvalue weighted by Gasteiger charge is 2.22. The summed E-state index contributed by atoms with van der Waals surface area (Å²) in [4.78, 5) is 12.9.